The Morgan fingerprint density at radius 1 is 1.04 bits per heavy atom. The quantitative estimate of drug-likeness (QED) is 0.457. The van der Waals surface area contributed by atoms with Crippen LogP contribution in [-0.2, 0) is 6.54 Å². The van der Waals surface area contributed by atoms with Crippen LogP contribution in [0.3, 0.4) is 0 Å². The van der Waals surface area contributed by atoms with E-state index in [0.29, 0.717) is 0 Å². The van der Waals surface area contributed by atoms with Crippen molar-refractivity contribution < 1.29 is 0 Å². The van der Waals surface area contributed by atoms with Crippen LogP contribution in [0.1, 0.15) is 32.8 Å². The molecule has 0 bridgehead atoms. The largest absolute Gasteiger partial charge is 0.384 e. The minimum absolute atomic E-state index is 0.281. The second-order valence-corrected chi connectivity index (χ2v) is 8.99. The van der Waals surface area contributed by atoms with E-state index in [-0.39, 0.29) is 5.41 Å². The van der Waals surface area contributed by atoms with Crippen LogP contribution in [0.25, 0.3) is 10.9 Å². The van der Waals surface area contributed by atoms with E-state index in [2.05, 4.69) is 66.3 Å². The molecule has 3 nitrogen and oxygen atoms in total. The van der Waals surface area contributed by atoms with Crippen LogP contribution in [0.15, 0.2) is 60.8 Å². The van der Waals surface area contributed by atoms with E-state index in [1.807, 2.05) is 30.5 Å². The first-order chi connectivity index (χ1) is 13.4. The highest BCUT2D eigenvalue weighted by Gasteiger charge is 2.16. The number of aromatic nitrogens is 1. The van der Waals surface area contributed by atoms with Gasteiger partial charge in [-0.05, 0) is 41.7 Å². The van der Waals surface area contributed by atoms with Crippen molar-refractivity contribution in [3.63, 3.8) is 0 Å². The van der Waals surface area contributed by atoms with Gasteiger partial charge in [0.15, 0.2) is 0 Å². The summed E-state index contributed by atoms with van der Waals surface area (Å²) < 4.78 is 0. The summed E-state index contributed by atoms with van der Waals surface area (Å²) in [6.07, 6.45) is 2.92. The molecule has 3 aromatic rings. The second kappa shape index (κ2) is 9.40. The molecule has 0 amide bonds. The maximum Gasteiger partial charge on any atom is 0.0737 e. The Balaban J connectivity index is 1.58. The van der Waals surface area contributed by atoms with E-state index >= 15 is 0 Å². The van der Waals surface area contributed by atoms with Gasteiger partial charge in [0.05, 0.1) is 5.52 Å². The lowest BCUT2D eigenvalue weighted by molar-refractivity contribution is 0.183. The third-order valence-electron chi connectivity index (χ3n) is 4.62. The van der Waals surface area contributed by atoms with Crippen LogP contribution in [0.2, 0.25) is 5.02 Å². The molecule has 0 aliphatic rings. The first kappa shape index (κ1) is 20.6. The van der Waals surface area contributed by atoms with Crippen LogP contribution in [-0.4, -0.2) is 29.5 Å². The minimum atomic E-state index is 0.281. The van der Waals surface area contributed by atoms with E-state index in [1.54, 1.807) is 0 Å². The number of hydrogen-bond donors (Lipinski definition) is 1. The van der Waals surface area contributed by atoms with Crippen LogP contribution in [0, 0.1) is 5.41 Å². The monoisotopic (exact) mass is 395 g/mol. The lowest BCUT2D eigenvalue weighted by Gasteiger charge is -2.30. The molecule has 3 rings (SSSR count). The van der Waals surface area contributed by atoms with Crippen LogP contribution in [0.4, 0.5) is 5.69 Å². The van der Waals surface area contributed by atoms with E-state index in [1.165, 1.54) is 5.56 Å². The first-order valence-corrected chi connectivity index (χ1v) is 10.3. The number of benzene rings is 2. The summed E-state index contributed by atoms with van der Waals surface area (Å²) in [6.45, 7) is 11.0. The van der Waals surface area contributed by atoms with E-state index in [0.717, 1.165) is 54.2 Å². The fraction of sp³-hybridized carbons (Fsp3) is 0.375. The number of hydrogen-bond acceptors (Lipinski definition) is 3. The zero-order valence-corrected chi connectivity index (χ0v) is 17.8. The normalized spacial score (nSPS) is 11.9. The van der Waals surface area contributed by atoms with Crippen molar-refractivity contribution in [3.05, 3.63) is 71.4 Å². The van der Waals surface area contributed by atoms with Crippen molar-refractivity contribution in [2.45, 2.75) is 33.7 Å². The fourth-order valence-corrected chi connectivity index (χ4v) is 3.69. The fourth-order valence-electron chi connectivity index (χ4n) is 3.53. The third kappa shape index (κ3) is 6.22. The van der Waals surface area contributed by atoms with Gasteiger partial charge in [0.25, 0.3) is 0 Å². The molecule has 0 radical (unpaired) electrons. The molecule has 0 aliphatic carbocycles. The molecule has 0 saturated carbocycles. The highest BCUT2D eigenvalue weighted by atomic mass is 35.5. The third-order valence-corrected chi connectivity index (χ3v) is 4.85. The van der Waals surface area contributed by atoms with Gasteiger partial charge in [0, 0.05) is 48.5 Å². The predicted molar refractivity (Wildman–Crippen MR) is 121 cm³/mol. The van der Waals surface area contributed by atoms with E-state index in [9.17, 15) is 0 Å². The molecule has 0 fully saturated rings. The number of rotatable bonds is 8. The summed E-state index contributed by atoms with van der Waals surface area (Å²) in [5.41, 5.74) is 3.70. The summed E-state index contributed by atoms with van der Waals surface area (Å²) in [6, 6.07) is 18.6. The molecule has 0 atom stereocenters. The number of nitrogens with zero attached hydrogens (tertiary/aromatic N) is 2. The number of fused-ring (bicyclic) bond motifs is 1. The Bertz CT molecular complexity index is 887. The van der Waals surface area contributed by atoms with Crippen molar-refractivity contribution >= 4 is 28.2 Å². The first-order valence-electron chi connectivity index (χ1n) is 9.95. The number of pyridine rings is 1. The SMILES string of the molecule is CC(C)(C)CN(CCCNc1ccnc2cc(Cl)ccc12)Cc1ccccc1. The Morgan fingerprint density at radius 2 is 1.82 bits per heavy atom. The van der Waals surface area contributed by atoms with Gasteiger partial charge in [0.2, 0.25) is 0 Å². The van der Waals surface area contributed by atoms with Crippen molar-refractivity contribution in [2.24, 2.45) is 5.41 Å². The maximum atomic E-state index is 6.09. The highest BCUT2D eigenvalue weighted by Crippen LogP contribution is 2.24. The lowest BCUT2D eigenvalue weighted by Crippen LogP contribution is -2.33. The van der Waals surface area contributed by atoms with Crippen LogP contribution < -0.4 is 5.32 Å². The van der Waals surface area contributed by atoms with E-state index in [4.69, 9.17) is 11.6 Å². The zero-order valence-electron chi connectivity index (χ0n) is 17.1. The molecule has 148 valence electrons. The molecule has 2 aromatic carbocycles. The lowest BCUT2D eigenvalue weighted by atomic mass is 9.95. The molecular weight excluding hydrogens is 366 g/mol. The Labute approximate surface area is 173 Å². The summed E-state index contributed by atoms with van der Waals surface area (Å²) in [7, 11) is 0. The van der Waals surface area contributed by atoms with Crippen LogP contribution >= 0.6 is 11.6 Å². The topological polar surface area (TPSA) is 28.2 Å². The molecule has 1 N–H and O–H groups in total. The molecule has 0 saturated heterocycles. The molecule has 4 heteroatoms. The molecular formula is C24H30ClN3. The smallest absolute Gasteiger partial charge is 0.0737 e. The minimum Gasteiger partial charge on any atom is -0.384 e. The number of nitrogens with one attached hydrogen (secondary N) is 1. The maximum absolute atomic E-state index is 6.09. The van der Waals surface area contributed by atoms with Crippen molar-refractivity contribution in [3.8, 4) is 0 Å². The Morgan fingerprint density at radius 3 is 2.57 bits per heavy atom. The molecule has 0 spiro atoms. The van der Waals surface area contributed by atoms with Gasteiger partial charge in [-0.25, -0.2) is 0 Å². The standard InChI is InChI=1S/C24H30ClN3/c1-24(2,3)18-28(17-19-8-5-4-6-9-19)15-7-13-26-22-12-14-27-23-16-20(25)10-11-21(22)23/h4-6,8-12,14,16H,7,13,15,17-18H2,1-3H3,(H,26,27). The predicted octanol–water partition coefficient (Wildman–Crippen LogP) is 6.24. The molecule has 28 heavy (non-hydrogen) atoms. The zero-order chi connectivity index (χ0) is 20.0. The summed E-state index contributed by atoms with van der Waals surface area (Å²) >= 11 is 6.09. The average Bonchev–Trinajstić information content (AvgIpc) is 2.64. The van der Waals surface area contributed by atoms with E-state index < -0.39 is 0 Å². The number of halogens is 1. The van der Waals surface area contributed by atoms with Gasteiger partial charge in [-0.2, -0.15) is 0 Å². The Kier molecular flexibility index (Phi) is 6.93. The molecule has 1 heterocycles. The van der Waals surface area contributed by atoms with Crippen molar-refractivity contribution in [1.29, 1.82) is 0 Å². The molecule has 1 aromatic heterocycles. The Hall–Kier alpha value is -2.10. The van der Waals surface area contributed by atoms with Gasteiger partial charge < -0.3 is 5.32 Å². The summed E-state index contributed by atoms with van der Waals surface area (Å²) in [5, 5.41) is 5.41. The molecule has 0 unspecified atom stereocenters. The van der Waals surface area contributed by atoms with Crippen LogP contribution in [0.5, 0.6) is 0 Å². The van der Waals surface area contributed by atoms with Gasteiger partial charge in [0.1, 0.15) is 0 Å². The van der Waals surface area contributed by atoms with Gasteiger partial charge in [-0.3, -0.25) is 9.88 Å². The summed E-state index contributed by atoms with van der Waals surface area (Å²) in [4.78, 5) is 6.97. The second-order valence-electron chi connectivity index (χ2n) is 8.56. The average molecular weight is 396 g/mol. The highest BCUT2D eigenvalue weighted by molar-refractivity contribution is 6.31. The summed E-state index contributed by atoms with van der Waals surface area (Å²) in [5.74, 6) is 0. The molecule has 0 aliphatic heterocycles. The van der Waals surface area contributed by atoms with Crippen molar-refractivity contribution in [1.82, 2.24) is 9.88 Å². The van der Waals surface area contributed by atoms with Gasteiger partial charge in [-0.1, -0.05) is 62.7 Å². The van der Waals surface area contributed by atoms with Gasteiger partial charge in [-0.15, -0.1) is 0 Å². The van der Waals surface area contributed by atoms with Gasteiger partial charge >= 0.3 is 0 Å². The van der Waals surface area contributed by atoms with Crippen molar-refractivity contribution in [2.75, 3.05) is 25.0 Å². The number of anilines is 1.